The van der Waals surface area contributed by atoms with Crippen LogP contribution in [0.4, 0.5) is 8.78 Å². The fraction of sp³-hybridized carbons (Fsp3) is 0.364. The van der Waals surface area contributed by atoms with Crippen LogP contribution in [-0.2, 0) is 19.3 Å². The Morgan fingerprint density at radius 1 is 0.840 bits per heavy atom. The Hall–Kier alpha value is -2.16. The molecule has 0 saturated heterocycles. The molecule has 0 radical (unpaired) electrons. The van der Waals surface area contributed by atoms with E-state index in [1.165, 1.54) is 37.2 Å². The van der Waals surface area contributed by atoms with E-state index in [1.54, 1.807) is 19.1 Å². The smallest absolute Gasteiger partial charge is 0.201 e. The molecule has 0 N–H and O–H groups in total. The first-order valence-electron chi connectivity index (χ1n) is 8.98. The zero-order valence-electron chi connectivity index (χ0n) is 15.0. The molecular formula is C22H26F2O. The lowest BCUT2D eigenvalue weighted by atomic mass is 10.0. The van der Waals surface area contributed by atoms with E-state index >= 15 is 0 Å². The zero-order chi connectivity index (χ0) is 18.1. The monoisotopic (exact) mass is 344 g/mol. The van der Waals surface area contributed by atoms with Gasteiger partial charge in [0.1, 0.15) is 0 Å². The molecule has 2 aromatic rings. The molecule has 0 aliphatic rings. The highest BCUT2D eigenvalue weighted by molar-refractivity contribution is 5.32. The second-order valence-corrected chi connectivity index (χ2v) is 6.21. The van der Waals surface area contributed by atoms with Gasteiger partial charge in [0.25, 0.3) is 0 Å². The molecule has 0 fully saturated rings. The van der Waals surface area contributed by atoms with Gasteiger partial charge in [-0.05, 0) is 55.4 Å². The summed E-state index contributed by atoms with van der Waals surface area (Å²) in [6, 6.07) is 11.5. The van der Waals surface area contributed by atoms with Gasteiger partial charge in [0, 0.05) is 0 Å². The first-order chi connectivity index (χ1) is 12.2. The first kappa shape index (κ1) is 19.2. The van der Waals surface area contributed by atoms with Crippen LogP contribution in [0, 0.1) is 11.6 Å². The minimum absolute atomic E-state index is 0.0872. The van der Waals surface area contributed by atoms with E-state index in [0.717, 1.165) is 12.0 Å². The van der Waals surface area contributed by atoms with Crippen LogP contribution in [0.25, 0.3) is 0 Å². The molecule has 2 aromatic carbocycles. The molecule has 0 atom stereocenters. The number of benzene rings is 2. The minimum atomic E-state index is -0.929. The fourth-order valence-electron chi connectivity index (χ4n) is 2.73. The molecule has 1 nitrogen and oxygen atoms in total. The summed E-state index contributed by atoms with van der Waals surface area (Å²) >= 11 is 0. The van der Waals surface area contributed by atoms with Crippen LogP contribution in [0.1, 0.15) is 49.8 Å². The van der Waals surface area contributed by atoms with Gasteiger partial charge in [-0.15, -0.1) is 0 Å². The lowest BCUT2D eigenvalue weighted by Gasteiger charge is -2.08. The molecule has 0 aliphatic carbocycles. The predicted octanol–water partition coefficient (Wildman–Crippen LogP) is 6.40. The average Bonchev–Trinajstić information content (AvgIpc) is 2.63. The van der Waals surface area contributed by atoms with Crippen molar-refractivity contribution < 1.29 is 13.5 Å². The van der Waals surface area contributed by atoms with Gasteiger partial charge >= 0.3 is 0 Å². The number of unbranched alkanes of at least 4 members (excludes halogenated alkanes) is 2. The average molecular weight is 344 g/mol. The van der Waals surface area contributed by atoms with Crippen LogP contribution < -0.4 is 4.74 Å². The van der Waals surface area contributed by atoms with Crippen molar-refractivity contribution in [3.8, 4) is 5.75 Å². The van der Waals surface area contributed by atoms with E-state index in [9.17, 15) is 8.78 Å². The van der Waals surface area contributed by atoms with E-state index in [0.29, 0.717) is 18.4 Å². The summed E-state index contributed by atoms with van der Waals surface area (Å²) in [4.78, 5) is 0. The maximum absolute atomic E-state index is 14.2. The number of hydrogen-bond donors (Lipinski definition) is 0. The van der Waals surface area contributed by atoms with Crippen LogP contribution in [0.15, 0.2) is 48.7 Å². The van der Waals surface area contributed by atoms with Gasteiger partial charge in [-0.25, -0.2) is 4.39 Å². The second-order valence-electron chi connectivity index (χ2n) is 6.21. The summed E-state index contributed by atoms with van der Waals surface area (Å²) in [6.07, 6.45) is 8.88. The van der Waals surface area contributed by atoms with Crippen LogP contribution in [0.5, 0.6) is 5.75 Å². The largest absolute Gasteiger partial charge is 0.462 e. The third kappa shape index (κ3) is 5.70. The van der Waals surface area contributed by atoms with Gasteiger partial charge in [0.15, 0.2) is 11.6 Å². The molecule has 0 amide bonds. The summed E-state index contributed by atoms with van der Waals surface area (Å²) in [5.41, 5.74) is 2.84. The Morgan fingerprint density at radius 2 is 1.52 bits per heavy atom. The molecule has 134 valence electrons. The molecule has 0 heterocycles. The number of aryl methyl sites for hydroxylation is 3. The highest BCUT2D eigenvalue weighted by Crippen LogP contribution is 2.24. The van der Waals surface area contributed by atoms with E-state index in [-0.39, 0.29) is 5.75 Å². The molecule has 2 rings (SSSR count). The predicted molar refractivity (Wildman–Crippen MR) is 98.9 cm³/mol. The zero-order valence-corrected chi connectivity index (χ0v) is 15.0. The summed E-state index contributed by atoms with van der Waals surface area (Å²) in [5, 5.41) is 0. The quantitative estimate of drug-likeness (QED) is 0.378. The van der Waals surface area contributed by atoms with Crippen molar-refractivity contribution in [1.82, 2.24) is 0 Å². The van der Waals surface area contributed by atoms with Gasteiger partial charge in [0.2, 0.25) is 5.82 Å². The van der Waals surface area contributed by atoms with Crippen molar-refractivity contribution in [2.24, 2.45) is 0 Å². The summed E-state index contributed by atoms with van der Waals surface area (Å²) in [6.45, 7) is 3.95. The second kappa shape index (κ2) is 9.97. The van der Waals surface area contributed by atoms with E-state index in [1.807, 2.05) is 0 Å². The normalized spacial score (nSPS) is 11.2. The highest BCUT2D eigenvalue weighted by atomic mass is 19.2. The first-order valence-corrected chi connectivity index (χ1v) is 8.98. The third-order valence-electron chi connectivity index (χ3n) is 4.23. The molecule has 0 bridgehead atoms. The molecular weight excluding hydrogens is 318 g/mol. The van der Waals surface area contributed by atoms with Crippen molar-refractivity contribution in [3.05, 3.63) is 77.1 Å². The summed E-state index contributed by atoms with van der Waals surface area (Å²) in [5.74, 6) is -1.84. The van der Waals surface area contributed by atoms with Crippen LogP contribution in [-0.4, -0.2) is 0 Å². The lowest BCUT2D eigenvalue weighted by Crippen LogP contribution is -2.00. The Balaban J connectivity index is 1.95. The molecule has 3 heteroatoms. The number of halogens is 2. The number of hydrogen-bond acceptors (Lipinski definition) is 1. The van der Waals surface area contributed by atoms with Crippen molar-refractivity contribution in [2.75, 3.05) is 0 Å². The van der Waals surface area contributed by atoms with Crippen molar-refractivity contribution in [3.63, 3.8) is 0 Å². The highest BCUT2D eigenvalue weighted by Gasteiger charge is 2.14. The number of ether oxygens (including phenoxy) is 1. The van der Waals surface area contributed by atoms with Crippen LogP contribution >= 0.6 is 0 Å². The Labute approximate surface area is 149 Å². The van der Waals surface area contributed by atoms with E-state index in [4.69, 9.17) is 4.74 Å². The van der Waals surface area contributed by atoms with Gasteiger partial charge in [-0.1, -0.05) is 56.2 Å². The molecule has 0 aliphatic heterocycles. The molecule has 25 heavy (non-hydrogen) atoms. The van der Waals surface area contributed by atoms with Gasteiger partial charge in [-0.2, -0.15) is 4.39 Å². The SMILES string of the molecule is C/C=C/Oc1ccc(CCc2ccc(CCCCC)cc2)c(F)c1F. The lowest BCUT2D eigenvalue weighted by molar-refractivity contribution is 0.411. The Kier molecular flexibility index (Phi) is 7.65. The molecule has 0 aromatic heterocycles. The Morgan fingerprint density at radius 3 is 2.16 bits per heavy atom. The van der Waals surface area contributed by atoms with Crippen molar-refractivity contribution in [2.45, 2.75) is 52.4 Å². The fourth-order valence-corrected chi connectivity index (χ4v) is 2.73. The van der Waals surface area contributed by atoms with Crippen molar-refractivity contribution in [1.29, 1.82) is 0 Å². The summed E-state index contributed by atoms with van der Waals surface area (Å²) in [7, 11) is 0. The van der Waals surface area contributed by atoms with Crippen LogP contribution in [0.3, 0.4) is 0 Å². The van der Waals surface area contributed by atoms with E-state index < -0.39 is 11.6 Å². The number of rotatable bonds is 9. The minimum Gasteiger partial charge on any atom is -0.462 e. The number of allylic oxidation sites excluding steroid dienone is 1. The van der Waals surface area contributed by atoms with E-state index in [2.05, 4.69) is 31.2 Å². The van der Waals surface area contributed by atoms with Crippen molar-refractivity contribution >= 4 is 0 Å². The van der Waals surface area contributed by atoms with Gasteiger partial charge < -0.3 is 4.74 Å². The molecule has 0 spiro atoms. The van der Waals surface area contributed by atoms with Gasteiger partial charge in [-0.3, -0.25) is 0 Å². The maximum Gasteiger partial charge on any atom is 0.201 e. The Bertz CT molecular complexity index is 690. The van der Waals surface area contributed by atoms with Crippen LogP contribution in [0.2, 0.25) is 0 Å². The molecule has 0 saturated carbocycles. The molecule has 0 unspecified atom stereocenters. The topological polar surface area (TPSA) is 9.23 Å². The summed E-state index contributed by atoms with van der Waals surface area (Å²) < 4.78 is 33.2. The standard InChI is InChI=1S/C22H26F2O/c1-3-5-6-7-17-8-10-18(11-9-17)12-13-19-14-15-20(25-16-4-2)22(24)21(19)23/h4,8-11,14-16H,3,5-7,12-13H2,1-2H3/b16-4+. The maximum atomic E-state index is 14.2. The van der Waals surface area contributed by atoms with Gasteiger partial charge in [0.05, 0.1) is 6.26 Å². The third-order valence-corrected chi connectivity index (χ3v) is 4.23.